The highest BCUT2D eigenvalue weighted by Gasteiger charge is 2.37. The summed E-state index contributed by atoms with van der Waals surface area (Å²) in [4.78, 5) is 139. The molecule has 27 heteroatoms. The number of aliphatic hydroxyl groups is 1. The average molecular weight is 1250 g/mol. The molecule has 1 heterocycles. The summed E-state index contributed by atoms with van der Waals surface area (Å²) >= 11 is 6.09. The lowest BCUT2D eigenvalue weighted by Gasteiger charge is -2.29. The molecule has 0 saturated carbocycles. The molecular formula is C59H76ClN11O13S2. The molecule has 19 N–H and O–H groups in total. The number of hydrogen-bond donors (Lipinski definition) is 14. The van der Waals surface area contributed by atoms with Crippen molar-refractivity contribution in [1.82, 2.24) is 31.9 Å². The number of nitrogens with one attached hydrogen (secondary N) is 6. The van der Waals surface area contributed by atoms with E-state index in [1.807, 2.05) is 0 Å². The lowest BCUT2D eigenvalue weighted by Crippen LogP contribution is -2.62. The van der Waals surface area contributed by atoms with Gasteiger partial charge in [0, 0.05) is 54.6 Å². The summed E-state index contributed by atoms with van der Waals surface area (Å²) in [5, 5.41) is 47.4. The number of halogens is 1. The molecule has 1 aliphatic heterocycles. The molecule has 0 aromatic heterocycles. The standard InChI is InChI=1S/C59H76ClN11O13S2/c1-32(72)52-59(84)70-48(58(83)67-45(53(65)78)26-36-13-19-41(74)20-14-36)31-86-85-30-47(69-55(80)43(63)25-34-9-15-39(60)16-10-34)50(76)29-38(24-33-11-17-40(73)18-12-33)54(79)68-46(57(82)66-44(56(81)71-52)4-2-3-23-61)27-35-5-7-37(8-6-35)28-49(75)42(62)21-22-51(64)77/h5-20,32,38,42-48,52,72-74H,2-4,21-31,61-63H2,1H3,(H2,64,77)(H2,65,78)(H,66,82)(H,67,83)(H,68,79)(H,69,80)(H,70,84)(H,71,81)/t32-,38-,42+,43+,44+,45-,46-,47-,48+,52+/m1/s1. The number of Topliss-reactive ketones (excluding diaryl/α,β-unsaturated/α-hetero) is 2. The van der Waals surface area contributed by atoms with E-state index in [9.17, 15) is 63.3 Å². The summed E-state index contributed by atoms with van der Waals surface area (Å²) in [5.74, 6) is -9.84. The van der Waals surface area contributed by atoms with Crippen LogP contribution < -0.4 is 60.6 Å². The number of rotatable bonds is 24. The van der Waals surface area contributed by atoms with Crippen LogP contribution in [0.2, 0.25) is 5.02 Å². The second kappa shape index (κ2) is 34.5. The van der Waals surface area contributed by atoms with Crippen LogP contribution in [0.3, 0.4) is 0 Å². The second-order valence-corrected chi connectivity index (χ2v) is 24.1. The van der Waals surface area contributed by atoms with E-state index in [2.05, 4.69) is 31.9 Å². The predicted molar refractivity (Wildman–Crippen MR) is 325 cm³/mol. The van der Waals surface area contributed by atoms with Gasteiger partial charge in [-0.15, -0.1) is 0 Å². The van der Waals surface area contributed by atoms with E-state index >= 15 is 0 Å². The first-order valence-corrected chi connectivity index (χ1v) is 30.7. The smallest absolute Gasteiger partial charge is 0.245 e. The number of primary amides is 2. The first kappa shape index (κ1) is 69.2. The third-order valence-electron chi connectivity index (χ3n) is 14.1. The maximum absolute atomic E-state index is 15.0. The summed E-state index contributed by atoms with van der Waals surface area (Å²) in [6.45, 7) is 1.41. The number of hydrogen-bond acceptors (Lipinski definition) is 18. The zero-order valence-corrected chi connectivity index (χ0v) is 49.8. The van der Waals surface area contributed by atoms with Crippen LogP contribution >= 0.6 is 33.2 Å². The monoisotopic (exact) mass is 1250 g/mol. The Morgan fingerprint density at radius 3 is 1.81 bits per heavy atom. The van der Waals surface area contributed by atoms with Gasteiger partial charge in [0.2, 0.25) is 47.3 Å². The Labute approximate surface area is 510 Å². The Morgan fingerprint density at radius 1 is 0.663 bits per heavy atom. The minimum absolute atomic E-state index is 0.0336. The van der Waals surface area contributed by atoms with Crippen molar-refractivity contribution in [2.75, 3.05) is 18.1 Å². The number of amides is 8. The van der Waals surface area contributed by atoms with Gasteiger partial charge in [-0.2, -0.15) is 0 Å². The number of carbonyl (C=O) groups is 10. The van der Waals surface area contributed by atoms with Gasteiger partial charge < -0.3 is 75.9 Å². The van der Waals surface area contributed by atoms with Gasteiger partial charge in [0.25, 0.3) is 0 Å². The van der Waals surface area contributed by atoms with E-state index in [0.717, 1.165) is 21.6 Å². The Bertz CT molecular complexity index is 2980. The molecule has 1 fully saturated rings. The number of aromatic hydroxyl groups is 2. The fourth-order valence-corrected chi connectivity index (χ4v) is 11.6. The number of aliphatic hydroxyl groups excluding tert-OH is 1. The summed E-state index contributed by atoms with van der Waals surface area (Å²) in [6, 6.07) is 13.6. The molecular weight excluding hydrogens is 1170 g/mol. The predicted octanol–water partition coefficient (Wildman–Crippen LogP) is -0.0722. The Balaban J connectivity index is 1.57. The first-order valence-electron chi connectivity index (χ1n) is 27.9. The lowest BCUT2D eigenvalue weighted by molar-refractivity contribution is -0.137. The Kier molecular flexibility index (Phi) is 27.8. The van der Waals surface area contributed by atoms with Crippen molar-refractivity contribution < 1.29 is 63.3 Å². The highest BCUT2D eigenvalue weighted by Crippen LogP contribution is 2.26. The van der Waals surface area contributed by atoms with Gasteiger partial charge in [-0.25, -0.2) is 0 Å². The second-order valence-electron chi connectivity index (χ2n) is 21.1. The minimum atomic E-state index is -1.77. The Morgan fingerprint density at radius 2 is 1.21 bits per heavy atom. The van der Waals surface area contributed by atoms with Crippen LogP contribution in [0.1, 0.15) is 73.3 Å². The number of unbranched alkanes of at least 4 members (excludes halogenated alkanes) is 1. The fraction of sp³-hybridized carbons (Fsp3) is 0.424. The highest BCUT2D eigenvalue weighted by atomic mass is 35.5. The minimum Gasteiger partial charge on any atom is -0.508 e. The van der Waals surface area contributed by atoms with Crippen LogP contribution in [0.25, 0.3) is 0 Å². The zero-order chi connectivity index (χ0) is 63.0. The van der Waals surface area contributed by atoms with E-state index in [1.165, 1.54) is 43.3 Å². The van der Waals surface area contributed by atoms with Gasteiger partial charge >= 0.3 is 0 Å². The fourth-order valence-electron chi connectivity index (χ4n) is 9.07. The SMILES string of the molecule is C[C@@H](O)[C@@H]1NC(=O)[C@H](CCCCN)NC(=O)[C@@H](Cc2ccc(CC(=O)[C@@H](N)CCC(N)=O)cc2)NC(=O)[C@H](Cc2ccc(O)cc2)CC(=O)[C@H](NC(=O)[C@@H](N)Cc2ccc(Cl)cc2)CSSC[C@@H](C(=O)N[C@H](Cc2ccc(O)cc2)C(N)=O)NC1=O. The van der Waals surface area contributed by atoms with Crippen molar-refractivity contribution in [2.24, 2.45) is 34.6 Å². The van der Waals surface area contributed by atoms with E-state index in [-0.39, 0.29) is 93.1 Å². The van der Waals surface area contributed by atoms with Crippen LogP contribution in [0.4, 0.5) is 0 Å². The highest BCUT2D eigenvalue weighted by molar-refractivity contribution is 8.76. The zero-order valence-electron chi connectivity index (χ0n) is 47.4. The van der Waals surface area contributed by atoms with Crippen LogP contribution in [0.15, 0.2) is 97.1 Å². The first-order chi connectivity index (χ1) is 40.9. The number of ketones is 2. The molecule has 1 saturated heterocycles. The number of phenolic OH excluding ortho intramolecular Hbond substituents is 2. The Hall–Kier alpha value is -7.59. The summed E-state index contributed by atoms with van der Waals surface area (Å²) in [6.07, 6.45) is -2.16. The van der Waals surface area contributed by atoms with Crippen LogP contribution in [-0.2, 0) is 80.0 Å². The van der Waals surface area contributed by atoms with Gasteiger partial charge in [0.05, 0.1) is 24.2 Å². The van der Waals surface area contributed by atoms with Crippen molar-refractivity contribution in [3.8, 4) is 11.5 Å². The molecule has 0 unspecified atom stereocenters. The number of carbonyl (C=O) groups excluding carboxylic acids is 10. The van der Waals surface area contributed by atoms with Crippen molar-refractivity contribution in [2.45, 2.75) is 132 Å². The molecule has 10 atom stereocenters. The van der Waals surface area contributed by atoms with Crippen LogP contribution in [-0.4, -0.2) is 147 Å². The van der Waals surface area contributed by atoms with E-state index in [0.29, 0.717) is 39.3 Å². The molecule has 0 radical (unpaired) electrons. The van der Waals surface area contributed by atoms with Crippen molar-refractivity contribution in [3.63, 3.8) is 0 Å². The molecule has 8 amide bonds. The van der Waals surface area contributed by atoms with Gasteiger partial charge in [0.1, 0.15) is 41.7 Å². The topological polar surface area (TPSA) is 434 Å². The van der Waals surface area contributed by atoms with Crippen molar-refractivity contribution in [3.05, 3.63) is 130 Å². The van der Waals surface area contributed by atoms with Crippen LogP contribution in [0, 0.1) is 5.92 Å². The van der Waals surface area contributed by atoms with Crippen molar-refractivity contribution >= 4 is 92.0 Å². The van der Waals surface area contributed by atoms with E-state index in [4.69, 9.17) is 40.3 Å². The average Bonchev–Trinajstić information content (AvgIpc) is 3.68. The van der Waals surface area contributed by atoms with Crippen LogP contribution in [0.5, 0.6) is 11.5 Å². The quantitative estimate of drug-likeness (QED) is 0.0322. The summed E-state index contributed by atoms with van der Waals surface area (Å²) < 4.78 is 0. The van der Waals surface area contributed by atoms with Gasteiger partial charge in [0.15, 0.2) is 11.6 Å². The normalized spacial score (nSPS) is 20.7. The van der Waals surface area contributed by atoms with Gasteiger partial charge in [-0.3, -0.25) is 47.9 Å². The lowest BCUT2D eigenvalue weighted by atomic mass is 9.90. The van der Waals surface area contributed by atoms with E-state index < -0.39 is 120 Å². The number of phenols is 2. The van der Waals surface area contributed by atoms with Gasteiger partial charge in [-0.05, 0) is 116 Å². The molecule has 5 rings (SSSR count). The molecule has 0 bridgehead atoms. The third kappa shape index (κ3) is 23.0. The summed E-state index contributed by atoms with van der Waals surface area (Å²) in [5.41, 5.74) is 31.9. The number of nitrogens with two attached hydrogens (primary N) is 5. The molecule has 4 aromatic rings. The third-order valence-corrected chi connectivity index (χ3v) is 16.8. The maximum Gasteiger partial charge on any atom is 0.245 e. The maximum atomic E-state index is 15.0. The largest absolute Gasteiger partial charge is 0.508 e. The van der Waals surface area contributed by atoms with Crippen molar-refractivity contribution in [1.29, 1.82) is 0 Å². The molecule has 4 aromatic carbocycles. The summed E-state index contributed by atoms with van der Waals surface area (Å²) in [7, 11) is 1.95. The van der Waals surface area contributed by atoms with E-state index in [1.54, 1.807) is 60.7 Å². The molecule has 464 valence electrons. The molecule has 24 nitrogen and oxygen atoms in total. The molecule has 1 aliphatic rings. The molecule has 0 aliphatic carbocycles. The molecule has 86 heavy (non-hydrogen) atoms. The molecule has 0 spiro atoms. The van der Waals surface area contributed by atoms with Gasteiger partial charge in [-0.1, -0.05) is 93.9 Å². The number of benzene rings is 4.